The number of benzene rings is 3. The average Bonchev–Trinajstić information content (AvgIpc) is 3.03. The molecular formula is C23H16N2. The van der Waals surface area contributed by atoms with Crippen LogP contribution in [0.5, 0.6) is 0 Å². The van der Waals surface area contributed by atoms with Gasteiger partial charge in [-0.3, -0.25) is 4.98 Å². The van der Waals surface area contributed by atoms with Crippen LogP contribution in [0.2, 0.25) is 0 Å². The minimum atomic E-state index is 1.12. The monoisotopic (exact) mass is 320 g/mol. The molecule has 0 N–H and O–H groups in total. The van der Waals surface area contributed by atoms with Crippen molar-refractivity contribution in [1.29, 1.82) is 0 Å². The molecule has 0 unspecified atom stereocenters. The number of rotatable bonds is 2. The van der Waals surface area contributed by atoms with E-state index >= 15 is 0 Å². The van der Waals surface area contributed by atoms with Crippen molar-refractivity contribution < 1.29 is 0 Å². The number of fused-ring (bicyclic) bond motifs is 3. The van der Waals surface area contributed by atoms with Crippen molar-refractivity contribution in [3.63, 3.8) is 0 Å². The van der Waals surface area contributed by atoms with Gasteiger partial charge in [-0.05, 0) is 24.3 Å². The van der Waals surface area contributed by atoms with E-state index in [1.807, 2.05) is 18.5 Å². The van der Waals surface area contributed by atoms with Crippen LogP contribution in [0.4, 0.5) is 0 Å². The van der Waals surface area contributed by atoms with Gasteiger partial charge in [0, 0.05) is 34.3 Å². The maximum absolute atomic E-state index is 4.30. The predicted octanol–water partition coefficient (Wildman–Crippen LogP) is 5.85. The minimum absolute atomic E-state index is 1.12. The van der Waals surface area contributed by atoms with Gasteiger partial charge < -0.3 is 4.57 Å². The average molecular weight is 320 g/mol. The van der Waals surface area contributed by atoms with E-state index in [1.54, 1.807) is 0 Å². The Balaban J connectivity index is 1.92. The summed E-state index contributed by atoms with van der Waals surface area (Å²) in [5.74, 6) is 0. The molecule has 0 spiro atoms. The molecule has 0 saturated carbocycles. The number of para-hydroxylation sites is 3. The SMILES string of the molecule is c1cncc(-c2ccccc2-n2c3ccccc3c3ccccc32)c1. The van der Waals surface area contributed by atoms with Crippen molar-refractivity contribution in [3.8, 4) is 16.8 Å². The predicted molar refractivity (Wildman–Crippen MR) is 104 cm³/mol. The molecule has 0 fully saturated rings. The third-order valence-electron chi connectivity index (χ3n) is 4.70. The Kier molecular flexibility index (Phi) is 3.14. The molecule has 2 nitrogen and oxygen atoms in total. The quantitative estimate of drug-likeness (QED) is 0.399. The lowest BCUT2D eigenvalue weighted by molar-refractivity contribution is 1.18. The highest BCUT2D eigenvalue weighted by atomic mass is 15.0. The third kappa shape index (κ3) is 2.15. The number of hydrogen-bond acceptors (Lipinski definition) is 1. The Morgan fingerprint density at radius 2 is 1.24 bits per heavy atom. The lowest BCUT2D eigenvalue weighted by Crippen LogP contribution is -1.97. The normalized spacial score (nSPS) is 11.2. The molecule has 0 radical (unpaired) electrons. The van der Waals surface area contributed by atoms with Crippen LogP contribution in [0.25, 0.3) is 38.6 Å². The van der Waals surface area contributed by atoms with E-state index in [9.17, 15) is 0 Å². The zero-order valence-corrected chi connectivity index (χ0v) is 13.6. The molecule has 3 aromatic carbocycles. The molecule has 0 aliphatic rings. The Labute approximate surface area is 146 Å². The first-order chi connectivity index (χ1) is 12.4. The molecule has 0 atom stereocenters. The molecule has 0 saturated heterocycles. The second-order valence-corrected chi connectivity index (χ2v) is 6.13. The van der Waals surface area contributed by atoms with Gasteiger partial charge in [0.05, 0.1) is 16.7 Å². The summed E-state index contributed by atoms with van der Waals surface area (Å²) in [5.41, 5.74) is 5.93. The number of hydrogen-bond donors (Lipinski definition) is 0. The van der Waals surface area contributed by atoms with E-state index in [4.69, 9.17) is 0 Å². The van der Waals surface area contributed by atoms with Crippen molar-refractivity contribution in [2.45, 2.75) is 0 Å². The maximum Gasteiger partial charge on any atom is 0.0541 e. The summed E-state index contributed by atoms with van der Waals surface area (Å²) in [4.78, 5) is 4.30. The van der Waals surface area contributed by atoms with E-state index in [0.29, 0.717) is 0 Å². The van der Waals surface area contributed by atoms with Crippen LogP contribution >= 0.6 is 0 Å². The van der Waals surface area contributed by atoms with Crippen LogP contribution in [-0.2, 0) is 0 Å². The van der Waals surface area contributed by atoms with Crippen molar-refractivity contribution in [1.82, 2.24) is 9.55 Å². The van der Waals surface area contributed by atoms with Crippen molar-refractivity contribution in [2.24, 2.45) is 0 Å². The molecular weight excluding hydrogens is 304 g/mol. The molecule has 5 aromatic rings. The van der Waals surface area contributed by atoms with Gasteiger partial charge in [0.2, 0.25) is 0 Å². The van der Waals surface area contributed by atoms with Gasteiger partial charge >= 0.3 is 0 Å². The highest BCUT2D eigenvalue weighted by Crippen LogP contribution is 2.35. The Bertz CT molecular complexity index is 1130. The largest absolute Gasteiger partial charge is 0.309 e. The van der Waals surface area contributed by atoms with Gasteiger partial charge in [0.1, 0.15) is 0 Å². The molecule has 0 amide bonds. The highest BCUT2D eigenvalue weighted by molar-refractivity contribution is 6.09. The lowest BCUT2D eigenvalue weighted by Gasteiger charge is -2.13. The van der Waals surface area contributed by atoms with E-state index in [-0.39, 0.29) is 0 Å². The lowest BCUT2D eigenvalue weighted by atomic mass is 10.1. The summed E-state index contributed by atoms with van der Waals surface area (Å²) in [6, 6.07) is 29.8. The Hall–Kier alpha value is -3.39. The zero-order valence-electron chi connectivity index (χ0n) is 13.6. The molecule has 25 heavy (non-hydrogen) atoms. The summed E-state index contributed by atoms with van der Waals surface area (Å²) in [5, 5.41) is 2.55. The summed E-state index contributed by atoms with van der Waals surface area (Å²) < 4.78 is 2.35. The van der Waals surface area contributed by atoms with Gasteiger partial charge in [-0.15, -0.1) is 0 Å². The minimum Gasteiger partial charge on any atom is -0.309 e. The van der Waals surface area contributed by atoms with Crippen LogP contribution in [0.15, 0.2) is 97.3 Å². The van der Waals surface area contributed by atoms with Crippen LogP contribution in [-0.4, -0.2) is 9.55 Å². The van der Waals surface area contributed by atoms with Crippen molar-refractivity contribution in [2.75, 3.05) is 0 Å². The summed E-state index contributed by atoms with van der Waals surface area (Å²) >= 11 is 0. The molecule has 5 rings (SSSR count). The maximum atomic E-state index is 4.30. The number of pyridine rings is 1. The van der Waals surface area contributed by atoms with Crippen LogP contribution < -0.4 is 0 Å². The molecule has 2 heterocycles. The fourth-order valence-electron chi connectivity index (χ4n) is 3.62. The summed E-state index contributed by atoms with van der Waals surface area (Å²) in [6.07, 6.45) is 3.74. The van der Waals surface area contributed by atoms with Crippen LogP contribution in [0.1, 0.15) is 0 Å². The smallest absolute Gasteiger partial charge is 0.0541 e. The number of aromatic nitrogens is 2. The molecule has 2 aromatic heterocycles. The summed E-state index contributed by atoms with van der Waals surface area (Å²) in [6.45, 7) is 0. The Morgan fingerprint density at radius 3 is 1.92 bits per heavy atom. The first-order valence-corrected chi connectivity index (χ1v) is 8.41. The topological polar surface area (TPSA) is 17.8 Å². The van der Waals surface area contributed by atoms with Gasteiger partial charge in [-0.2, -0.15) is 0 Å². The molecule has 0 aliphatic carbocycles. The fourth-order valence-corrected chi connectivity index (χ4v) is 3.62. The van der Waals surface area contributed by atoms with Crippen LogP contribution in [0.3, 0.4) is 0 Å². The first kappa shape index (κ1) is 14.0. The zero-order chi connectivity index (χ0) is 16.6. The number of nitrogens with zero attached hydrogens (tertiary/aromatic N) is 2. The van der Waals surface area contributed by atoms with Gasteiger partial charge in [-0.25, -0.2) is 0 Å². The molecule has 0 bridgehead atoms. The van der Waals surface area contributed by atoms with E-state index in [1.165, 1.54) is 33.1 Å². The van der Waals surface area contributed by atoms with Gasteiger partial charge in [-0.1, -0.05) is 60.7 Å². The summed E-state index contributed by atoms with van der Waals surface area (Å²) in [7, 11) is 0. The molecule has 118 valence electrons. The fraction of sp³-hybridized carbons (Fsp3) is 0. The Morgan fingerprint density at radius 1 is 0.600 bits per heavy atom. The van der Waals surface area contributed by atoms with Crippen molar-refractivity contribution >= 4 is 21.8 Å². The standard InChI is InChI=1S/C23H16N2/c1-4-12-21(18(9-1)17-8-7-15-24-16-17)25-22-13-5-2-10-19(22)20-11-3-6-14-23(20)25/h1-16H. The van der Waals surface area contributed by atoms with Gasteiger partial charge in [0.15, 0.2) is 0 Å². The van der Waals surface area contributed by atoms with Crippen molar-refractivity contribution in [3.05, 3.63) is 97.3 Å². The first-order valence-electron chi connectivity index (χ1n) is 8.41. The highest BCUT2D eigenvalue weighted by Gasteiger charge is 2.14. The van der Waals surface area contributed by atoms with E-state index < -0.39 is 0 Å². The molecule has 0 aliphatic heterocycles. The van der Waals surface area contributed by atoms with Crippen LogP contribution in [0, 0.1) is 0 Å². The van der Waals surface area contributed by atoms with E-state index in [0.717, 1.165) is 5.56 Å². The molecule has 2 heteroatoms. The second kappa shape index (κ2) is 5.60. The van der Waals surface area contributed by atoms with E-state index in [2.05, 4.69) is 88.4 Å². The second-order valence-electron chi connectivity index (χ2n) is 6.13. The third-order valence-corrected chi connectivity index (χ3v) is 4.70. The van der Waals surface area contributed by atoms with Gasteiger partial charge in [0.25, 0.3) is 0 Å².